The van der Waals surface area contributed by atoms with Gasteiger partial charge >= 0.3 is 0 Å². The maximum absolute atomic E-state index is 4.76. The highest BCUT2D eigenvalue weighted by Crippen LogP contribution is 2.34. The van der Waals surface area contributed by atoms with E-state index in [-0.39, 0.29) is 0 Å². The van der Waals surface area contributed by atoms with Crippen molar-refractivity contribution in [2.45, 2.75) is 40.3 Å². The first-order chi connectivity index (χ1) is 14.1. The first-order valence-electron chi connectivity index (χ1n) is 10.4. The Morgan fingerprint density at radius 1 is 1.00 bits per heavy atom. The van der Waals surface area contributed by atoms with E-state index in [4.69, 9.17) is 4.98 Å². The van der Waals surface area contributed by atoms with Crippen LogP contribution in [0, 0.1) is 27.0 Å². The molecule has 0 saturated heterocycles. The van der Waals surface area contributed by atoms with Gasteiger partial charge in [0.1, 0.15) is 0 Å². The van der Waals surface area contributed by atoms with E-state index in [1.807, 2.05) is 6.07 Å². The Morgan fingerprint density at radius 2 is 1.83 bits per heavy atom. The van der Waals surface area contributed by atoms with E-state index in [1.54, 1.807) is 0 Å². The lowest BCUT2D eigenvalue weighted by molar-refractivity contribution is 0.717. The molecule has 29 heavy (non-hydrogen) atoms. The Labute approximate surface area is 172 Å². The van der Waals surface area contributed by atoms with Gasteiger partial charge in [-0.25, -0.2) is 4.98 Å². The summed E-state index contributed by atoms with van der Waals surface area (Å²) in [5.41, 5.74) is 9.36. The third-order valence-corrected chi connectivity index (χ3v) is 6.32. The molecule has 0 spiro atoms. The Bertz CT molecular complexity index is 1200. The van der Waals surface area contributed by atoms with Crippen LogP contribution in [0.5, 0.6) is 0 Å². The number of aromatic nitrogens is 2. The Hall–Kier alpha value is -3.07. The zero-order valence-electron chi connectivity index (χ0n) is 17.4. The summed E-state index contributed by atoms with van der Waals surface area (Å²) in [6.45, 7) is 9.35. The number of nitrogens with zero attached hydrogens (tertiary/aromatic N) is 3. The number of pyridine rings is 1. The molecule has 2 aromatic heterocycles. The fourth-order valence-electron chi connectivity index (χ4n) is 4.60. The zero-order valence-corrected chi connectivity index (χ0v) is 17.4. The minimum Gasteiger partial charge on any atom is -0.350 e. The monoisotopic (exact) mass is 380 g/mol. The first kappa shape index (κ1) is 18.0. The van der Waals surface area contributed by atoms with Crippen molar-refractivity contribution in [2.24, 2.45) is 0 Å². The van der Waals surface area contributed by atoms with Gasteiger partial charge in [-0.15, -0.1) is 0 Å². The largest absolute Gasteiger partial charge is 0.350 e. The molecule has 1 aliphatic rings. The number of aryl methyl sites for hydroxylation is 2. The summed E-state index contributed by atoms with van der Waals surface area (Å²) in [4.78, 5) is 7.18. The molecule has 0 aliphatic carbocycles. The molecule has 2 aromatic carbocycles. The Morgan fingerprint density at radius 3 is 2.66 bits per heavy atom. The summed E-state index contributed by atoms with van der Waals surface area (Å²) in [6.07, 6.45) is 4.23. The number of hydrogen-bond acceptors (Lipinski definition) is 2. The van der Waals surface area contributed by atoms with Crippen LogP contribution in [-0.4, -0.2) is 16.1 Å². The van der Waals surface area contributed by atoms with Gasteiger partial charge in [-0.1, -0.05) is 54.1 Å². The van der Waals surface area contributed by atoms with Gasteiger partial charge in [0.2, 0.25) is 0 Å². The topological polar surface area (TPSA) is 21.1 Å². The van der Waals surface area contributed by atoms with E-state index >= 15 is 0 Å². The first-order valence-corrected chi connectivity index (χ1v) is 10.4. The lowest BCUT2D eigenvalue weighted by atomic mass is 10.00. The summed E-state index contributed by atoms with van der Waals surface area (Å²) in [6, 6.07) is 19.6. The van der Waals surface area contributed by atoms with Crippen molar-refractivity contribution in [3.63, 3.8) is 0 Å². The van der Waals surface area contributed by atoms with Crippen LogP contribution in [0.2, 0.25) is 0 Å². The molecule has 0 N–H and O–H groups in total. The van der Waals surface area contributed by atoms with Crippen LogP contribution in [0.1, 0.15) is 33.5 Å². The summed E-state index contributed by atoms with van der Waals surface area (Å²) in [7, 11) is 0. The van der Waals surface area contributed by atoms with Gasteiger partial charge in [0.15, 0.2) is 5.82 Å². The van der Waals surface area contributed by atoms with E-state index in [9.17, 15) is 0 Å². The molecule has 0 atom stereocenters. The standard InChI is InChI=1S/C26H26N3/c1-18-7-6-8-21(15-18)16-29-20(3)19(2)24-11-13-27-26(25(24)29)28-14-12-22-9-4-5-10-23(22)17-28/h4-11,15H,12,14,16-17H2,1-3H3. The van der Waals surface area contributed by atoms with Crippen LogP contribution in [0.3, 0.4) is 0 Å². The quantitative estimate of drug-likeness (QED) is 0.476. The average Bonchev–Trinajstić information content (AvgIpc) is 2.98. The summed E-state index contributed by atoms with van der Waals surface area (Å²) >= 11 is 0. The fourth-order valence-corrected chi connectivity index (χ4v) is 4.60. The van der Waals surface area contributed by atoms with Crippen molar-refractivity contribution in [2.75, 3.05) is 11.4 Å². The fraction of sp³-hybridized carbons (Fsp3) is 0.269. The van der Waals surface area contributed by atoms with Crippen LogP contribution in [-0.2, 0) is 19.5 Å². The molecule has 0 fully saturated rings. The van der Waals surface area contributed by atoms with Crippen LogP contribution in [0.15, 0.2) is 54.6 Å². The molecule has 145 valence electrons. The lowest BCUT2D eigenvalue weighted by Crippen LogP contribution is -2.31. The van der Waals surface area contributed by atoms with Gasteiger partial charge in [-0.2, -0.15) is 0 Å². The average molecular weight is 381 g/mol. The van der Waals surface area contributed by atoms with E-state index < -0.39 is 0 Å². The van der Waals surface area contributed by atoms with Crippen LogP contribution in [0.4, 0.5) is 5.82 Å². The second kappa shape index (κ2) is 7.07. The third-order valence-electron chi connectivity index (χ3n) is 6.32. The molecular weight excluding hydrogens is 354 g/mol. The molecule has 3 heterocycles. The molecule has 5 rings (SSSR count). The highest BCUT2D eigenvalue weighted by Gasteiger charge is 2.22. The van der Waals surface area contributed by atoms with E-state index in [1.165, 1.54) is 44.4 Å². The van der Waals surface area contributed by atoms with Crippen LogP contribution >= 0.6 is 0 Å². The molecule has 0 saturated carbocycles. The molecule has 3 heteroatoms. The van der Waals surface area contributed by atoms with E-state index in [2.05, 4.69) is 85.0 Å². The van der Waals surface area contributed by atoms with Gasteiger partial charge in [0.05, 0.1) is 11.7 Å². The summed E-state index contributed by atoms with van der Waals surface area (Å²) < 4.78 is 2.44. The molecule has 1 radical (unpaired) electrons. The number of rotatable bonds is 3. The predicted octanol–water partition coefficient (Wildman–Crippen LogP) is 5.37. The second-order valence-corrected chi connectivity index (χ2v) is 8.20. The number of fused-ring (bicyclic) bond motifs is 2. The zero-order chi connectivity index (χ0) is 20.0. The third kappa shape index (κ3) is 3.11. The number of anilines is 1. The molecule has 0 bridgehead atoms. The van der Waals surface area contributed by atoms with Gasteiger partial charge in [-0.3, -0.25) is 0 Å². The normalized spacial score (nSPS) is 13.7. The van der Waals surface area contributed by atoms with Gasteiger partial charge in [-0.05, 0) is 55.5 Å². The van der Waals surface area contributed by atoms with E-state index in [0.29, 0.717) is 0 Å². The summed E-state index contributed by atoms with van der Waals surface area (Å²) in [5, 5.41) is 1.26. The predicted molar refractivity (Wildman–Crippen MR) is 120 cm³/mol. The van der Waals surface area contributed by atoms with Crippen molar-refractivity contribution >= 4 is 16.7 Å². The highest BCUT2D eigenvalue weighted by atomic mass is 15.2. The van der Waals surface area contributed by atoms with Crippen molar-refractivity contribution in [3.8, 4) is 0 Å². The van der Waals surface area contributed by atoms with Crippen LogP contribution in [0.25, 0.3) is 10.9 Å². The van der Waals surface area contributed by atoms with Crippen LogP contribution < -0.4 is 4.90 Å². The number of benzene rings is 2. The van der Waals surface area contributed by atoms with Crippen molar-refractivity contribution in [3.05, 3.63) is 94.3 Å². The van der Waals surface area contributed by atoms with Gasteiger partial charge in [0.25, 0.3) is 0 Å². The van der Waals surface area contributed by atoms with Gasteiger partial charge < -0.3 is 9.47 Å². The summed E-state index contributed by atoms with van der Waals surface area (Å²) in [5.74, 6) is 1.06. The van der Waals surface area contributed by atoms with Gasteiger partial charge in [0, 0.05) is 30.7 Å². The van der Waals surface area contributed by atoms with Crippen molar-refractivity contribution in [1.29, 1.82) is 0 Å². The second-order valence-electron chi connectivity index (χ2n) is 8.20. The molecule has 1 aliphatic heterocycles. The van der Waals surface area contributed by atoms with E-state index in [0.717, 1.165) is 31.9 Å². The Balaban J connectivity index is 1.63. The molecule has 4 aromatic rings. The molecular formula is C26H26N3. The minimum absolute atomic E-state index is 0.862. The van der Waals surface area contributed by atoms with Crippen molar-refractivity contribution in [1.82, 2.24) is 9.55 Å². The highest BCUT2D eigenvalue weighted by molar-refractivity contribution is 5.93. The Kier molecular flexibility index (Phi) is 4.39. The maximum Gasteiger partial charge on any atom is 0.154 e. The molecule has 0 amide bonds. The lowest BCUT2D eigenvalue weighted by Gasteiger charge is -2.30. The minimum atomic E-state index is 0.862. The molecule has 0 unspecified atom stereocenters. The van der Waals surface area contributed by atoms with Crippen molar-refractivity contribution < 1.29 is 0 Å². The SMILES string of the molecule is Cc1cccc(Cn2c(C)c(C)c3c[c]nc(N4CCc5ccccc5C4)c32)c1. The smallest absolute Gasteiger partial charge is 0.154 e. The molecule has 3 nitrogen and oxygen atoms in total. The maximum atomic E-state index is 4.76. The number of hydrogen-bond donors (Lipinski definition) is 0.